The van der Waals surface area contributed by atoms with E-state index in [9.17, 15) is 24.5 Å². The van der Waals surface area contributed by atoms with E-state index in [2.05, 4.69) is 10.6 Å². The number of non-ortho nitro benzene ring substituents is 1. The summed E-state index contributed by atoms with van der Waals surface area (Å²) in [6.07, 6.45) is 1.31. The van der Waals surface area contributed by atoms with E-state index in [0.717, 1.165) is 0 Å². The summed E-state index contributed by atoms with van der Waals surface area (Å²) in [5.74, 6) is -2.34. The van der Waals surface area contributed by atoms with Gasteiger partial charge in [0.25, 0.3) is 17.5 Å². The van der Waals surface area contributed by atoms with E-state index in [-0.39, 0.29) is 16.9 Å². The van der Waals surface area contributed by atoms with Crippen LogP contribution in [0.3, 0.4) is 0 Å². The van der Waals surface area contributed by atoms with Crippen LogP contribution in [0.25, 0.3) is 6.08 Å². The molecule has 9 nitrogen and oxygen atoms in total. The first-order valence-electron chi connectivity index (χ1n) is 9.31. The smallest absolute Gasteiger partial charge is 0.335 e. The fourth-order valence-corrected chi connectivity index (χ4v) is 2.73. The normalized spacial score (nSPS) is 10.8. The number of carboxylic acids is 1. The molecule has 0 saturated heterocycles. The van der Waals surface area contributed by atoms with Crippen LogP contribution in [0.2, 0.25) is 0 Å². The first-order chi connectivity index (χ1) is 15.3. The van der Waals surface area contributed by atoms with Crippen LogP contribution in [-0.2, 0) is 4.79 Å². The summed E-state index contributed by atoms with van der Waals surface area (Å²) >= 11 is 0. The lowest BCUT2D eigenvalue weighted by Crippen LogP contribution is -2.30. The molecule has 0 bridgehead atoms. The highest BCUT2D eigenvalue weighted by Crippen LogP contribution is 2.17. The molecule has 9 heteroatoms. The van der Waals surface area contributed by atoms with Crippen LogP contribution < -0.4 is 10.6 Å². The summed E-state index contributed by atoms with van der Waals surface area (Å²) in [6.45, 7) is 0. The van der Waals surface area contributed by atoms with Crippen molar-refractivity contribution in [2.24, 2.45) is 0 Å². The Hall–Kier alpha value is -4.79. The van der Waals surface area contributed by atoms with Crippen LogP contribution in [0.15, 0.2) is 84.6 Å². The minimum absolute atomic E-state index is 0.0488. The van der Waals surface area contributed by atoms with Gasteiger partial charge in [0.15, 0.2) is 0 Å². The molecule has 32 heavy (non-hydrogen) atoms. The summed E-state index contributed by atoms with van der Waals surface area (Å²) in [5.41, 5.74) is 0.681. The molecule has 0 aliphatic carbocycles. The predicted octanol–water partition coefficient (Wildman–Crippen LogP) is 3.70. The molecule has 0 aliphatic heterocycles. The number of nitrogens with zero attached hydrogens (tertiary/aromatic N) is 1. The van der Waals surface area contributed by atoms with Crippen molar-refractivity contribution < 1.29 is 24.4 Å². The van der Waals surface area contributed by atoms with Gasteiger partial charge in [0.2, 0.25) is 0 Å². The Morgan fingerprint density at radius 1 is 0.875 bits per heavy atom. The van der Waals surface area contributed by atoms with Crippen LogP contribution in [0, 0.1) is 10.1 Å². The fourth-order valence-electron chi connectivity index (χ4n) is 2.73. The van der Waals surface area contributed by atoms with Crippen LogP contribution in [0.1, 0.15) is 26.3 Å². The molecule has 0 fully saturated rings. The Labute approximate surface area is 182 Å². The number of nitrogens with one attached hydrogen (secondary N) is 2. The van der Waals surface area contributed by atoms with Gasteiger partial charge in [-0.2, -0.15) is 0 Å². The maximum absolute atomic E-state index is 12.9. The number of hydrogen-bond donors (Lipinski definition) is 3. The number of rotatable bonds is 7. The molecule has 0 heterocycles. The zero-order valence-electron chi connectivity index (χ0n) is 16.5. The molecule has 0 aromatic heterocycles. The molecule has 0 atom stereocenters. The van der Waals surface area contributed by atoms with Gasteiger partial charge < -0.3 is 15.7 Å². The van der Waals surface area contributed by atoms with Crippen LogP contribution in [0.5, 0.6) is 0 Å². The standard InChI is InChI=1S/C23H17N3O6/c27-21(16-6-2-1-3-7-16)25-20(14-15-5-4-8-19(13-15)26(31)32)22(28)24-18-11-9-17(10-12-18)23(29)30/h1-14H,(H,24,28)(H,25,27)(H,29,30)/b20-14+. The van der Waals surface area contributed by atoms with Gasteiger partial charge in [-0.15, -0.1) is 0 Å². The molecule has 3 rings (SSSR count). The number of anilines is 1. The van der Waals surface area contributed by atoms with Gasteiger partial charge in [0.05, 0.1) is 10.5 Å². The highest BCUT2D eigenvalue weighted by atomic mass is 16.6. The lowest BCUT2D eigenvalue weighted by atomic mass is 10.1. The first kappa shape index (κ1) is 21.9. The van der Waals surface area contributed by atoms with E-state index < -0.39 is 22.7 Å². The Morgan fingerprint density at radius 2 is 1.56 bits per heavy atom. The van der Waals surface area contributed by atoms with Gasteiger partial charge in [-0.05, 0) is 48.0 Å². The molecule has 0 aliphatic rings. The molecule has 0 spiro atoms. The monoisotopic (exact) mass is 431 g/mol. The molecule has 3 N–H and O–H groups in total. The molecule has 0 unspecified atom stereocenters. The molecule has 2 amide bonds. The van der Waals surface area contributed by atoms with Crippen LogP contribution >= 0.6 is 0 Å². The van der Waals surface area contributed by atoms with Gasteiger partial charge in [-0.3, -0.25) is 19.7 Å². The lowest BCUT2D eigenvalue weighted by Gasteiger charge is -2.11. The second kappa shape index (κ2) is 9.81. The zero-order valence-corrected chi connectivity index (χ0v) is 16.5. The highest BCUT2D eigenvalue weighted by molar-refractivity contribution is 6.10. The molecule has 3 aromatic rings. The van der Waals surface area contributed by atoms with Crippen molar-refractivity contribution in [1.29, 1.82) is 0 Å². The summed E-state index contributed by atoms with van der Waals surface area (Å²) < 4.78 is 0. The van der Waals surface area contributed by atoms with E-state index >= 15 is 0 Å². The number of hydrogen-bond acceptors (Lipinski definition) is 5. The second-order valence-corrected chi connectivity index (χ2v) is 6.57. The summed E-state index contributed by atoms with van der Waals surface area (Å²) in [7, 11) is 0. The first-order valence-corrected chi connectivity index (χ1v) is 9.31. The summed E-state index contributed by atoms with van der Waals surface area (Å²) in [5, 5.41) is 25.1. The average Bonchev–Trinajstić information content (AvgIpc) is 2.79. The molecule has 0 radical (unpaired) electrons. The van der Waals surface area contributed by atoms with E-state index in [1.54, 1.807) is 36.4 Å². The van der Waals surface area contributed by atoms with Gasteiger partial charge >= 0.3 is 5.97 Å². The Morgan fingerprint density at radius 3 is 2.19 bits per heavy atom. The van der Waals surface area contributed by atoms with Crippen molar-refractivity contribution in [1.82, 2.24) is 5.32 Å². The molecule has 0 saturated carbocycles. The summed E-state index contributed by atoms with van der Waals surface area (Å²) in [6, 6.07) is 19.3. The number of carbonyl (C=O) groups is 3. The van der Waals surface area contributed by atoms with E-state index in [0.29, 0.717) is 16.8 Å². The number of carboxylic acid groups (broad SMARTS) is 1. The quantitative estimate of drug-likeness (QED) is 0.296. The van der Waals surface area contributed by atoms with Crippen molar-refractivity contribution in [3.05, 3.63) is 111 Å². The van der Waals surface area contributed by atoms with Crippen molar-refractivity contribution >= 4 is 35.2 Å². The van der Waals surface area contributed by atoms with Gasteiger partial charge in [-0.1, -0.05) is 30.3 Å². The van der Waals surface area contributed by atoms with Crippen LogP contribution in [0.4, 0.5) is 11.4 Å². The fraction of sp³-hybridized carbons (Fsp3) is 0. The highest BCUT2D eigenvalue weighted by Gasteiger charge is 2.16. The Kier molecular flexibility index (Phi) is 6.72. The van der Waals surface area contributed by atoms with Gasteiger partial charge in [0.1, 0.15) is 5.70 Å². The minimum atomic E-state index is -1.11. The number of nitro groups is 1. The number of benzene rings is 3. The third-order valence-corrected chi connectivity index (χ3v) is 4.31. The van der Waals surface area contributed by atoms with Gasteiger partial charge in [-0.25, -0.2) is 4.79 Å². The third-order valence-electron chi connectivity index (χ3n) is 4.31. The number of carbonyl (C=O) groups excluding carboxylic acids is 2. The van der Waals surface area contributed by atoms with Crippen LogP contribution in [-0.4, -0.2) is 27.8 Å². The van der Waals surface area contributed by atoms with E-state index in [4.69, 9.17) is 5.11 Å². The molecular formula is C23H17N3O6. The topological polar surface area (TPSA) is 139 Å². The van der Waals surface area contributed by atoms with E-state index in [1.807, 2.05) is 0 Å². The molecule has 3 aromatic carbocycles. The average molecular weight is 431 g/mol. The maximum Gasteiger partial charge on any atom is 0.335 e. The predicted molar refractivity (Wildman–Crippen MR) is 117 cm³/mol. The van der Waals surface area contributed by atoms with Crippen molar-refractivity contribution in [3.63, 3.8) is 0 Å². The third kappa shape index (κ3) is 5.63. The van der Waals surface area contributed by atoms with Gasteiger partial charge in [0, 0.05) is 23.4 Å². The second-order valence-electron chi connectivity index (χ2n) is 6.57. The Bertz CT molecular complexity index is 1200. The summed E-state index contributed by atoms with van der Waals surface area (Å²) in [4.78, 5) is 46.9. The molecule has 160 valence electrons. The minimum Gasteiger partial charge on any atom is -0.478 e. The lowest BCUT2D eigenvalue weighted by molar-refractivity contribution is -0.384. The SMILES string of the molecule is O=C(Nc1ccc(C(=O)O)cc1)/C(=C\c1cccc([N+](=O)[O-])c1)NC(=O)c1ccccc1. The largest absolute Gasteiger partial charge is 0.478 e. The number of amides is 2. The van der Waals surface area contributed by atoms with Crippen molar-refractivity contribution in [3.8, 4) is 0 Å². The van der Waals surface area contributed by atoms with E-state index in [1.165, 1.54) is 48.5 Å². The zero-order chi connectivity index (χ0) is 23.1. The van der Waals surface area contributed by atoms with Crippen molar-refractivity contribution in [2.45, 2.75) is 0 Å². The number of nitro benzene ring substituents is 1. The Balaban J connectivity index is 1.91. The number of aromatic carboxylic acids is 1. The van der Waals surface area contributed by atoms with Crippen molar-refractivity contribution in [2.75, 3.05) is 5.32 Å². The molecular weight excluding hydrogens is 414 g/mol. The maximum atomic E-state index is 12.9.